The van der Waals surface area contributed by atoms with Crippen molar-refractivity contribution in [2.24, 2.45) is 0 Å². The number of nitrogens with one attached hydrogen (secondary N) is 1. The Balaban J connectivity index is 2.65. The molecule has 0 saturated carbocycles. The highest BCUT2D eigenvalue weighted by Gasteiger charge is 2.14. The van der Waals surface area contributed by atoms with Crippen molar-refractivity contribution in [1.82, 2.24) is 4.72 Å². The highest BCUT2D eigenvalue weighted by atomic mass is 35.5. The first kappa shape index (κ1) is 14.5. The van der Waals surface area contributed by atoms with Crippen LogP contribution in [0.4, 0.5) is 0 Å². The quantitative estimate of drug-likeness (QED) is 0.867. The fourth-order valence-electron chi connectivity index (χ4n) is 1.48. The first-order valence-electron chi connectivity index (χ1n) is 5.70. The van der Waals surface area contributed by atoms with Gasteiger partial charge >= 0.3 is 0 Å². The van der Waals surface area contributed by atoms with Crippen LogP contribution in [0, 0.1) is 0 Å². The zero-order valence-corrected chi connectivity index (χ0v) is 11.7. The van der Waals surface area contributed by atoms with Crippen molar-refractivity contribution in [2.45, 2.75) is 32.7 Å². The van der Waals surface area contributed by atoms with Crippen molar-refractivity contribution in [1.29, 1.82) is 0 Å². The van der Waals surface area contributed by atoms with Crippen molar-refractivity contribution in [3.63, 3.8) is 0 Å². The first-order valence-corrected chi connectivity index (χ1v) is 7.73. The molecule has 1 atom stereocenters. The molecule has 3 nitrogen and oxygen atoms in total. The molecular formula is C12H18ClNO2S. The molecule has 1 N–H and O–H groups in total. The normalized spacial score (nSPS) is 13.6. The fourth-order valence-corrected chi connectivity index (χ4v) is 3.07. The summed E-state index contributed by atoms with van der Waals surface area (Å²) in [5.74, 6) is 0.182. The standard InChI is InChI=1S/C12H18ClNO2S/c1-3-4-9-17(15,16)14-10(2)11-5-7-12(13)8-6-11/h5-8,10,14H,3-4,9H2,1-2H3/t10-/m0/s1. The lowest BCUT2D eigenvalue weighted by Gasteiger charge is -2.14. The number of sulfonamides is 1. The average molecular weight is 276 g/mol. The van der Waals surface area contributed by atoms with Crippen LogP contribution in [0.5, 0.6) is 0 Å². The molecule has 1 aromatic carbocycles. The van der Waals surface area contributed by atoms with Crippen LogP contribution in [0.1, 0.15) is 38.3 Å². The lowest BCUT2D eigenvalue weighted by atomic mass is 10.1. The van der Waals surface area contributed by atoms with Gasteiger partial charge in [-0.1, -0.05) is 37.1 Å². The molecule has 0 aliphatic heterocycles. The molecule has 0 spiro atoms. The maximum absolute atomic E-state index is 11.7. The Hall–Kier alpha value is -0.580. The van der Waals surface area contributed by atoms with E-state index in [1.54, 1.807) is 12.1 Å². The molecule has 1 rings (SSSR count). The van der Waals surface area contributed by atoms with Crippen LogP contribution in [0.15, 0.2) is 24.3 Å². The topological polar surface area (TPSA) is 46.2 Å². The summed E-state index contributed by atoms with van der Waals surface area (Å²) >= 11 is 5.78. The minimum absolute atomic E-state index is 0.182. The molecule has 0 saturated heterocycles. The minimum Gasteiger partial charge on any atom is -0.212 e. The third-order valence-corrected chi connectivity index (χ3v) is 4.28. The molecular weight excluding hydrogens is 258 g/mol. The molecule has 17 heavy (non-hydrogen) atoms. The molecule has 0 heterocycles. The van der Waals surface area contributed by atoms with Gasteiger partial charge in [-0.3, -0.25) is 0 Å². The lowest BCUT2D eigenvalue weighted by Crippen LogP contribution is -2.29. The molecule has 0 radical (unpaired) electrons. The van der Waals surface area contributed by atoms with Crippen LogP contribution in [0.2, 0.25) is 5.02 Å². The second-order valence-corrected chi connectivity index (χ2v) is 6.37. The van der Waals surface area contributed by atoms with Crippen molar-refractivity contribution in [3.8, 4) is 0 Å². The van der Waals surface area contributed by atoms with Gasteiger partial charge in [0.1, 0.15) is 0 Å². The van der Waals surface area contributed by atoms with E-state index in [0.29, 0.717) is 11.4 Å². The van der Waals surface area contributed by atoms with Crippen molar-refractivity contribution < 1.29 is 8.42 Å². The molecule has 0 amide bonds. The summed E-state index contributed by atoms with van der Waals surface area (Å²) < 4.78 is 26.1. The molecule has 5 heteroatoms. The first-order chi connectivity index (χ1) is 7.94. The summed E-state index contributed by atoms with van der Waals surface area (Å²) in [7, 11) is -3.18. The molecule has 0 fully saturated rings. The van der Waals surface area contributed by atoms with Crippen molar-refractivity contribution in [2.75, 3.05) is 5.75 Å². The number of benzene rings is 1. The Kier molecular flexibility index (Phi) is 5.43. The van der Waals surface area contributed by atoms with E-state index >= 15 is 0 Å². The van der Waals surface area contributed by atoms with Crippen LogP contribution in [-0.4, -0.2) is 14.2 Å². The Morgan fingerprint density at radius 1 is 1.29 bits per heavy atom. The van der Waals surface area contributed by atoms with E-state index in [0.717, 1.165) is 12.0 Å². The van der Waals surface area contributed by atoms with E-state index in [1.165, 1.54) is 0 Å². The van der Waals surface area contributed by atoms with Gasteiger partial charge in [0.2, 0.25) is 10.0 Å². The highest BCUT2D eigenvalue weighted by molar-refractivity contribution is 7.89. The van der Waals surface area contributed by atoms with Crippen LogP contribution in [0.25, 0.3) is 0 Å². The zero-order valence-electron chi connectivity index (χ0n) is 10.1. The van der Waals surface area contributed by atoms with Gasteiger partial charge in [-0.05, 0) is 31.0 Å². The Morgan fingerprint density at radius 2 is 1.88 bits per heavy atom. The smallest absolute Gasteiger partial charge is 0.212 e. The third-order valence-electron chi connectivity index (χ3n) is 2.49. The maximum Gasteiger partial charge on any atom is 0.212 e. The molecule has 0 unspecified atom stereocenters. The monoisotopic (exact) mass is 275 g/mol. The summed E-state index contributed by atoms with van der Waals surface area (Å²) in [5, 5.41) is 0.648. The van der Waals surface area contributed by atoms with E-state index in [1.807, 2.05) is 26.0 Å². The van der Waals surface area contributed by atoms with Gasteiger partial charge in [0.25, 0.3) is 0 Å². The predicted octanol–water partition coefficient (Wildman–Crippen LogP) is 3.12. The summed E-state index contributed by atoms with van der Waals surface area (Å²) in [6, 6.07) is 6.95. The van der Waals surface area contributed by atoms with Gasteiger partial charge in [0.15, 0.2) is 0 Å². The van der Waals surface area contributed by atoms with Gasteiger partial charge in [0, 0.05) is 11.1 Å². The van der Waals surface area contributed by atoms with Gasteiger partial charge < -0.3 is 0 Å². The Bertz CT molecular complexity index is 442. The molecule has 0 bridgehead atoms. The summed E-state index contributed by atoms with van der Waals surface area (Å²) in [6.07, 6.45) is 1.55. The molecule has 0 aliphatic carbocycles. The van der Waals surface area contributed by atoms with Crippen LogP contribution in [0.3, 0.4) is 0 Å². The van der Waals surface area contributed by atoms with Crippen LogP contribution >= 0.6 is 11.6 Å². The zero-order chi connectivity index (χ0) is 12.9. The van der Waals surface area contributed by atoms with Crippen LogP contribution < -0.4 is 4.72 Å². The molecule has 1 aromatic rings. The maximum atomic E-state index is 11.7. The van der Waals surface area contributed by atoms with E-state index in [2.05, 4.69) is 4.72 Å². The Labute approximate surface area is 108 Å². The lowest BCUT2D eigenvalue weighted by molar-refractivity contribution is 0.564. The number of hydrogen-bond acceptors (Lipinski definition) is 2. The second-order valence-electron chi connectivity index (χ2n) is 4.06. The summed E-state index contributed by atoms with van der Waals surface area (Å²) in [5.41, 5.74) is 0.912. The number of halogens is 1. The number of hydrogen-bond donors (Lipinski definition) is 1. The predicted molar refractivity (Wildman–Crippen MR) is 71.7 cm³/mol. The number of rotatable bonds is 6. The third kappa shape index (κ3) is 5.06. The minimum atomic E-state index is -3.18. The van der Waals surface area contributed by atoms with E-state index < -0.39 is 10.0 Å². The van der Waals surface area contributed by atoms with E-state index in [9.17, 15) is 8.42 Å². The Morgan fingerprint density at radius 3 is 2.41 bits per heavy atom. The van der Waals surface area contributed by atoms with Crippen molar-refractivity contribution in [3.05, 3.63) is 34.9 Å². The highest BCUT2D eigenvalue weighted by Crippen LogP contribution is 2.16. The molecule has 0 aliphatic rings. The molecule has 0 aromatic heterocycles. The molecule has 96 valence electrons. The van der Waals surface area contributed by atoms with E-state index in [-0.39, 0.29) is 11.8 Å². The van der Waals surface area contributed by atoms with Gasteiger partial charge in [-0.15, -0.1) is 0 Å². The summed E-state index contributed by atoms with van der Waals surface area (Å²) in [6.45, 7) is 3.80. The van der Waals surface area contributed by atoms with Gasteiger partial charge in [-0.2, -0.15) is 0 Å². The van der Waals surface area contributed by atoms with Gasteiger partial charge in [0.05, 0.1) is 5.75 Å². The summed E-state index contributed by atoms with van der Waals surface area (Å²) in [4.78, 5) is 0. The van der Waals surface area contributed by atoms with Gasteiger partial charge in [-0.25, -0.2) is 13.1 Å². The SMILES string of the molecule is CCCCS(=O)(=O)N[C@@H](C)c1ccc(Cl)cc1. The second kappa shape index (κ2) is 6.38. The largest absolute Gasteiger partial charge is 0.212 e. The van der Waals surface area contributed by atoms with E-state index in [4.69, 9.17) is 11.6 Å². The van der Waals surface area contributed by atoms with Crippen LogP contribution in [-0.2, 0) is 10.0 Å². The van der Waals surface area contributed by atoms with Crippen molar-refractivity contribution >= 4 is 21.6 Å². The fraction of sp³-hybridized carbons (Fsp3) is 0.500. The average Bonchev–Trinajstić information content (AvgIpc) is 2.26. The number of unbranched alkanes of at least 4 members (excludes halogenated alkanes) is 1.